The number of rotatable bonds is 2. The van der Waals surface area contributed by atoms with Crippen molar-refractivity contribution < 1.29 is 14.4 Å². The summed E-state index contributed by atoms with van der Waals surface area (Å²) in [4.78, 5) is 41.5. The lowest BCUT2D eigenvalue weighted by atomic mass is 9.89. The van der Waals surface area contributed by atoms with Gasteiger partial charge < -0.3 is 4.90 Å². The van der Waals surface area contributed by atoms with Gasteiger partial charge >= 0.3 is 6.03 Å². The highest BCUT2D eigenvalue weighted by Crippen LogP contribution is 2.36. The third kappa shape index (κ3) is 3.09. The van der Waals surface area contributed by atoms with Crippen LogP contribution in [0.1, 0.15) is 35.1 Å². The van der Waals surface area contributed by atoms with Crippen LogP contribution in [0.15, 0.2) is 42.0 Å². The van der Waals surface area contributed by atoms with Crippen LogP contribution in [0, 0.1) is 6.92 Å². The highest BCUT2D eigenvalue weighted by molar-refractivity contribution is 6.39. The van der Waals surface area contributed by atoms with Gasteiger partial charge in [-0.3, -0.25) is 14.9 Å². The zero-order chi connectivity index (χ0) is 20.8. The Morgan fingerprint density at radius 1 is 0.933 bits per heavy atom. The zero-order valence-electron chi connectivity index (χ0n) is 16.9. The number of amides is 4. The molecule has 0 saturated carbocycles. The SMILES string of the molecule is Cc1ccc(N2C(=O)NC(=O)/C(=C/c3cc4c5c(c3)CCCN5CCC4)C2=O)cc1. The van der Waals surface area contributed by atoms with Crippen LogP contribution in [-0.4, -0.2) is 30.9 Å². The zero-order valence-corrected chi connectivity index (χ0v) is 16.9. The fourth-order valence-electron chi connectivity index (χ4n) is 4.67. The summed E-state index contributed by atoms with van der Waals surface area (Å²) in [5, 5.41) is 2.30. The van der Waals surface area contributed by atoms with Gasteiger partial charge in [0, 0.05) is 18.8 Å². The maximum Gasteiger partial charge on any atom is 0.335 e. The van der Waals surface area contributed by atoms with Gasteiger partial charge in [0.15, 0.2) is 0 Å². The molecule has 6 heteroatoms. The van der Waals surface area contributed by atoms with Crippen molar-refractivity contribution in [1.29, 1.82) is 0 Å². The molecule has 0 aromatic heterocycles. The first kappa shape index (κ1) is 18.6. The maximum atomic E-state index is 13.1. The molecule has 0 radical (unpaired) electrons. The minimum absolute atomic E-state index is 0.0224. The molecule has 0 atom stereocenters. The Labute approximate surface area is 175 Å². The Balaban J connectivity index is 1.54. The van der Waals surface area contributed by atoms with Crippen LogP contribution in [-0.2, 0) is 22.4 Å². The summed E-state index contributed by atoms with van der Waals surface area (Å²) in [6.45, 7) is 4.12. The fraction of sp³-hybridized carbons (Fsp3) is 0.292. The summed E-state index contributed by atoms with van der Waals surface area (Å²) in [7, 11) is 0. The number of hydrogen-bond donors (Lipinski definition) is 1. The molecular formula is C24H23N3O3. The Bertz CT molecular complexity index is 1070. The molecule has 3 heterocycles. The smallest absolute Gasteiger partial charge is 0.335 e. The number of barbiturate groups is 1. The predicted octanol–water partition coefficient (Wildman–Crippen LogP) is 3.36. The molecule has 0 bridgehead atoms. The molecule has 0 spiro atoms. The Morgan fingerprint density at radius 2 is 1.57 bits per heavy atom. The predicted molar refractivity (Wildman–Crippen MR) is 115 cm³/mol. The van der Waals surface area contributed by atoms with Crippen molar-refractivity contribution in [2.24, 2.45) is 0 Å². The lowest BCUT2D eigenvalue weighted by molar-refractivity contribution is -0.122. The number of imide groups is 2. The number of nitrogens with zero attached hydrogens (tertiary/aromatic N) is 2. The normalized spacial score (nSPS) is 19.8. The van der Waals surface area contributed by atoms with Gasteiger partial charge in [0.25, 0.3) is 11.8 Å². The van der Waals surface area contributed by atoms with Crippen LogP contribution in [0.25, 0.3) is 6.08 Å². The van der Waals surface area contributed by atoms with E-state index in [-0.39, 0.29) is 5.57 Å². The molecule has 5 rings (SSSR count). The summed E-state index contributed by atoms with van der Waals surface area (Å²) in [5.41, 5.74) is 6.17. The number of anilines is 2. The molecule has 3 aliphatic rings. The lowest BCUT2D eigenvalue weighted by Crippen LogP contribution is -2.54. The molecule has 2 aromatic rings. The minimum atomic E-state index is -0.720. The van der Waals surface area contributed by atoms with Gasteiger partial charge in [-0.2, -0.15) is 0 Å². The number of aryl methyl sites for hydroxylation is 3. The number of carbonyl (C=O) groups excluding carboxylic acids is 3. The van der Waals surface area contributed by atoms with Crippen LogP contribution >= 0.6 is 0 Å². The number of carbonyl (C=O) groups is 3. The second kappa shape index (κ2) is 7.13. The van der Waals surface area contributed by atoms with E-state index in [0.717, 1.165) is 54.8 Å². The Morgan fingerprint density at radius 3 is 2.20 bits per heavy atom. The van der Waals surface area contributed by atoms with E-state index in [1.807, 2.05) is 19.1 Å². The van der Waals surface area contributed by atoms with Crippen LogP contribution in [0.2, 0.25) is 0 Å². The lowest BCUT2D eigenvalue weighted by Gasteiger charge is -2.37. The second-order valence-electron chi connectivity index (χ2n) is 8.18. The number of hydrogen-bond acceptors (Lipinski definition) is 4. The molecule has 1 N–H and O–H groups in total. The molecule has 152 valence electrons. The van der Waals surface area contributed by atoms with E-state index >= 15 is 0 Å². The van der Waals surface area contributed by atoms with Crippen molar-refractivity contribution in [3.05, 3.63) is 64.2 Å². The number of urea groups is 1. The van der Waals surface area contributed by atoms with Crippen molar-refractivity contribution in [2.75, 3.05) is 22.9 Å². The first-order chi connectivity index (χ1) is 14.5. The van der Waals surface area contributed by atoms with Crippen LogP contribution in [0.4, 0.5) is 16.2 Å². The largest absolute Gasteiger partial charge is 0.371 e. The van der Waals surface area contributed by atoms with Crippen LogP contribution < -0.4 is 15.1 Å². The first-order valence-corrected chi connectivity index (χ1v) is 10.4. The average Bonchev–Trinajstić information content (AvgIpc) is 2.73. The van der Waals surface area contributed by atoms with E-state index in [2.05, 4.69) is 22.3 Å². The number of benzene rings is 2. The van der Waals surface area contributed by atoms with Crippen molar-refractivity contribution in [3.8, 4) is 0 Å². The summed E-state index contributed by atoms with van der Waals surface area (Å²) >= 11 is 0. The topological polar surface area (TPSA) is 69.7 Å². The molecule has 1 fully saturated rings. The van der Waals surface area contributed by atoms with E-state index in [1.165, 1.54) is 16.8 Å². The highest BCUT2D eigenvalue weighted by atomic mass is 16.2. The van der Waals surface area contributed by atoms with E-state index in [1.54, 1.807) is 18.2 Å². The van der Waals surface area contributed by atoms with Gasteiger partial charge in [-0.15, -0.1) is 0 Å². The monoisotopic (exact) mass is 401 g/mol. The third-order valence-corrected chi connectivity index (χ3v) is 6.06. The molecular weight excluding hydrogens is 378 g/mol. The van der Waals surface area contributed by atoms with Gasteiger partial charge in [0.05, 0.1) is 5.69 Å². The quantitative estimate of drug-likeness (QED) is 0.619. The van der Waals surface area contributed by atoms with Gasteiger partial charge in [0.2, 0.25) is 0 Å². The molecule has 1 saturated heterocycles. The summed E-state index contributed by atoms with van der Waals surface area (Å²) in [6, 6.07) is 10.5. The second-order valence-corrected chi connectivity index (χ2v) is 8.18. The van der Waals surface area contributed by atoms with Gasteiger partial charge in [0.1, 0.15) is 5.57 Å². The molecule has 0 unspecified atom stereocenters. The van der Waals surface area contributed by atoms with Gasteiger partial charge in [-0.05, 0) is 79.6 Å². The fourth-order valence-corrected chi connectivity index (χ4v) is 4.67. The Hall–Kier alpha value is -3.41. The maximum absolute atomic E-state index is 13.1. The average molecular weight is 401 g/mol. The van der Waals surface area contributed by atoms with E-state index in [4.69, 9.17) is 0 Å². The van der Waals surface area contributed by atoms with Crippen molar-refractivity contribution in [1.82, 2.24) is 5.32 Å². The summed E-state index contributed by atoms with van der Waals surface area (Å²) in [5.74, 6) is -1.25. The molecule has 2 aromatic carbocycles. The van der Waals surface area contributed by atoms with Crippen molar-refractivity contribution in [3.63, 3.8) is 0 Å². The molecule has 0 aliphatic carbocycles. The Kier molecular flexibility index (Phi) is 4.42. The third-order valence-electron chi connectivity index (χ3n) is 6.06. The molecule has 30 heavy (non-hydrogen) atoms. The van der Waals surface area contributed by atoms with Gasteiger partial charge in [-0.25, -0.2) is 9.69 Å². The number of nitrogens with one attached hydrogen (secondary N) is 1. The molecule has 3 aliphatic heterocycles. The van der Waals surface area contributed by atoms with E-state index in [9.17, 15) is 14.4 Å². The summed E-state index contributed by atoms with van der Waals surface area (Å²) < 4.78 is 0. The van der Waals surface area contributed by atoms with Crippen LogP contribution in [0.3, 0.4) is 0 Å². The summed E-state index contributed by atoms with van der Waals surface area (Å²) in [6.07, 6.45) is 5.85. The van der Waals surface area contributed by atoms with Crippen LogP contribution in [0.5, 0.6) is 0 Å². The van der Waals surface area contributed by atoms with E-state index < -0.39 is 17.8 Å². The molecule has 4 amide bonds. The van der Waals surface area contributed by atoms with Gasteiger partial charge in [-0.1, -0.05) is 17.7 Å². The van der Waals surface area contributed by atoms with Crippen molar-refractivity contribution >= 4 is 35.3 Å². The first-order valence-electron chi connectivity index (χ1n) is 10.4. The standard InChI is InChI=1S/C24H23N3O3/c1-15-6-8-19(9-7-15)27-23(29)20(22(28)25-24(27)30)14-16-12-17-4-2-10-26-11-3-5-18(13-16)21(17)26/h6-9,12-14H,2-5,10-11H2,1H3,(H,25,28,30)/b20-14-. The van der Waals surface area contributed by atoms with Crippen molar-refractivity contribution in [2.45, 2.75) is 32.6 Å². The minimum Gasteiger partial charge on any atom is -0.371 e. The molecule has 6 nitrogen and oxygen atoms in total. The highest BCUT2D eigenvalue weighted by Gasteiger charge is 2.37. The van der Waals surface area contributed by atoms with E-state index in [0.29, 0.717) is 5.69 Å².